The molecule has 2 aliphatic heterocycles. The number of nitrogens with zero attached hydrogens (tertiary/aromatic N) is 12. The van der Waals surface area contributed by atoms with Gasteiger partial charge in [-0.1, -0.05) is 26.0 Å². The summed E-state index contributed by atoms with van der Waals surface area (Å²) in [6.07, 6.45) is 3.30. The standard InChI is InChI=1S/C69H32N12O4S8/c1-27-28(2)79-55-54(78-27)47(18-37-53(44(26-73)77-10)33-15-42(75-8)43(76-9)17-35(33)59(37)83)87-65(55)48-19-38-60(88-48)61-39(68(38,3)4)20-49(89-61)66-56-57(81-93-80-56)67(92-66)50-21-40-62(90-50)64-46(85-69(40,5)6)22-51(91-64)63-45(84-11)14-31(86-63)13-36-52(30(24-71)25-72)32-12-29(23-70)41(74-7)16-34(32)58(36)82/h12-22H,1-6,11H3/b36-13-,37-18-,53-44+. The number of aryl methyl sites for hydroxylation is 2. The Kier molecular flexibility index (Phi) is 13.4. The Labute approximate surface area is 561 Å². The van der Waals surface area contributed by atoms with E-state index in [0.717, 1.165) is 81.2 Å². The number of carbonyl (C=O) groups is 2. The van der Waals surface area contributed by atoms with Crippen LogP contribution >= 0.6 is 79.4 Å². The third kappa shape index (κ3) is 8.57. The smallest absolute Gasteiger partial charge is 0.270 e. The van der Waals surface area contributed by atoms with Gasteiger partial charge in [-0.3, -0.25) is 19.3 Å². The molecule has 0 amide bonds. The number of rotatable bonds is 7. The molecule has 24 heteroatoms. The van der Waals surface area contributed by atoms with Gasteiger partial charge < -0.3 is 9.47 Å². The number of ketones is 2. The molecule has 0 bridgehead atoms. The van der Waals surface area contributed by atoms with E-state index in [-0.39, 0.29) is 78.4 Å². The minimum Gasteiger partial charge on any atom is -0.495 e. The van der Waals surface area contributed by atoms with Gasteiger partial charge in [-0.25, -0.2) is 24.9 Å². The maximum Gasteiger partial charge on any atom is 0.270 e. The fraction of sp³-hybridized carbons (Fsp3) is 0.130. The van der Waals surface area contributed by atoms with Crippen LogP contribution < -0.4 is 9.47 Å². The third-order valence-electron chi connectivity index (χ3n) is 16.9. The van der Waals surface area contributed by atoms with Crippen LogP contribution in [-0.4, -0.2) is 28.6 Å². The highest BCUT2D eigenvalue weighted by Gasteiger charge is 2.43. The molecule has 0 unspecified atom stereocenters. The van der Waals surface area contributed by atoms with E-state index in [1.54, 1.807) is 82.0 Å². The molecule has 0 saturated heterocycles. The molecule has 0 radical (unpaired) electrons. The molecular weight excluding hydrogens is 1320 g/mol. The number of hydrogen-bond donors (Lipinski definition) is 0. The number of allylic oxidation sites excluding steroid dienone is 6. The van der Waals surface area contributed by atoms with Crippen LogP contribution in [0.25, 0.3) is 112 Å². The van der Waals surface area contributed by atoms with Crippen molar-refractivity contribution in [2.75, 3.05) is 7.11 Å². The second kappa shape index (κ2) is 21.2. The zero-order chi connectivity index (χ0) is 65.0. The highest BCUT2D eigenvalue weighted by atomic mass is 32.1. The molecule has 0 fully saturated rings. The highest BCUT2D eigenvalue weighted by Crippen LogP contribution is 2.65. The molecule has 16 nitrogen and oxygen atoms in total. The summed E-state index contributed by atoms with van der Waals surface area (Å²) in [5, 5.41) is 40.1. The van der Waals surface area contributed by atoms with E-state index < -0.39 is 22.6 Å². The van der Waals surface area contributed by atoms with Crippen LogP contribution in [0, 0.1) is 85.5 Å². The van der Waals surface area contributed by atoms with Gasteiger partial charge in [0.05, 0.1) is 113 Å². The minimum absolute atomic E-state index is 0.000630. The molecule has 0 spiro atoms. The fourth-order valence-corrected chi connectivity index (χ4v) is 22.1. The zero-order valence-corrected chi connectivity index (χ0v) is 55.6. The molecule has 3 aliphatic carbocycles. The van der Waals surface area contributed by atoms with Crippen molar-refractivity contribution in [1.82, 2.24) is 9.97 Å². The van der Waals surface area contributed by atoms with E-state index in [2.05, 4.69) is 65.3 Å². The summed E-state index contributed by atoms with van der Waals surface area (Å²) in [7, 11) is 1.57. The van der Waals surface area contributed by atoms with Crippen molar-refractivity contribution < 1.29 is 19.1 Å². The number of thiophene rings is 7. The van der Waals surface area contributed by atoms with Crippen LogP contribution in [0.2, 0.25) is 0 Å². The average Bonchev–Trinajstić information content (AvgIpc) is 1.56. The topological polar surface area (TPSA) is 216 Å². The molecule has 93 heavy (non-hydrogen) atoms. The Hall–Kier alpha value is -10.7. The quantitative estimate of drug-likeness (QED) is 0.0835. The summed E-state index contributed by atoms with van der Waals surface area (Å²) in [4.78, 5) is 65.7. The number of Topliss-reactive ketones (excluding diaryl/α,β-unsaturated/α-hetero) is 2. The molecule has 2 aromatic carbocycles. The first-order valence-corrected chi connectivity index (χ1v) is 34.2. The molecule has 15 rings (SSSR count). The second-order valence-electron chi connectivity index (χ2n) is 22.7. The normalized spacial score (nSPS) is 15.9. The summed E-state index contributed by atoms with van der Waals surface area (Å²) in [5.74, 6) is 0.324. The van der Waals surface area contributed by atoms with Gasteiger partial charge in [-0.05, 0) is 98.5 Å². The first-order valence-electron chi connectivity index (χ1n) is 27.8. The number of nitriles is 4. The minimum atomic E-state index is -0.725. The van der Waals surface area contributed by atoms with Crippen molar-refractivity contribution >= 4 is 165 Å². The Morgan fingerprint density at radius 2 is 1.11 bits per heavy atom. The van der Waals surface area contributed by atoms with Gasteiger partial charge in [0.25, 0.3) is 5.70 Å². The predicted octanol–water partition coefficient (Wildman–Crippen LogP) is 20.7. The molecule has 8 aromatic heterocycles. The number of benzene rings is 2. The lowest BCUT2D eigenvalue weighted by atomic mass is 9.83. The number of aromatic nitrogens is 2. The Bertz CT molecular complexity index is 5860. The molecule has 0 N–H and O–H groups in total. The molecule has 0 saturated carbocycles. The lowest BCUT2D eigenvalue weighted by Crippen LogP contribution is -2.27. The maximum atomic E-state index is 14.4. The van der Waals surface area contributed by atoms with Crippen molar-refractivity contribution in [2.24, 2.45) is 8.73 Å². The molecule has 440 valence electrons. The number of fused-ring (bicyclic) bond motifs is 10. The first kappa shape index (κ1) is 58.7. The van der Waals surface area contributed by atoms with E-state index in [1.165, 1.54) is 69.4 Å². The van der Waals surface area contributed by atoms with E-state index in [9.17, 15) is 30.6 Å². The van der Waals surface area contributed by atoms with Crippen molar-refractivity contribution in [3.05, 3.63) is 188 Å². The lowest BCUT2D eigenvalue weighted by Gasteiger charge is -2.31. The summed E-state index contributed by atoms with van der Waals surface area (Å²) >= 11 is 12.3. The fourth-order valence-electron chi connectivity index (χ4n) is 12.3. The van der Waals surface area contributed by atoms with Crippen LogP contribution in [0.4, 0.5) is 28.4 Å². The molecule has 10 aromatic rings. The number of carbonyl (C=O) groups excluding carboxylic acids is 2. The van der Waals surface area contributed by atoms with Gasteiger partial charge in [-0.15, -0.1) is 79.4 Å². The Morgan fingerprint density at radius 3 is 1.69 bits per heavy atom. The highest BCUT2D eigenvalue weighted by molar-refractivity contribution is 7.58. The van der Waals surface area contributed by atoms with Crippen LogP contribution in [0.1, 0.15) is 103 Å². The Balaban J connectivity index is 0.773. The maximum absolute atomic E-state index is 14.4. The van der Waals surface area contributed by atoms with Crippen LogP contribution in [0.5, 0.6) is 11.5 Å². The Morgan fingerprint density at radius 1 is 0.570 bits per heavy atom. The third-order valence-corrected chi connectivity index (χ3v) is 26.3. The average molecular weight is 1350 g/mol. The van der Waals surface area contributed by atoms with Gasteiger partial charge in [0.15, 0.2) is 22.9 Å². The van der Waals surface area contributed by atoms with Crippen molar-refractivity contribution in [3.8, 4) is 94.3 Å². The SMILES string of the molecule is [C-]#[N+]/C(C#N)=C1/C(=C/c2sc(-c3cc4c(s3)-c3sc(-c5sc(-c6cc7c(s6)-c6sc(-c8sc(/C=C9\C(=O)c%10cc([N+]#[C-])c(C#N)cc%10C9=C(C#N)C#N)cc8OC)cc6OC7(C)C)c6c5N=S=N6)cc3C4(C)C)c3nc(C)c(C)nc23)C(=O)c2cc([N+]#[C-])c([N+]#[C-])cc21. The molecule has 10 heterocycles. The summed E-state index contributed by atoms with van der Waals surface area (Å²) in [6.45, 7) is 43.3. The number of ether oxygens (including phenoxy) is 2. The molecular formula is C69H32N12O4S8. The van der Waals surface area contributed by atoms with Gasteiger partial charge in [-0.2, -0.15) is 24.5 Å². The van der Waals surface area contributed by atoms with Crippen molar-refractivity contribution in [3.63, 3.8) is 0 Å². The predicted molar refractivity (Wildman–Crippen MR) is 369 cm³/mol. The zero-order valence-electron chi connectivity index (χ0n) is 49.1. The van der Waals surface area contributed by atoms with E-state index in [4.69, 9.17) is 54.5 Å². The van der Waals surface area contributed by atoms with Gasteiger partial charge in [0.2, 0.25) is 5.69 Å². The van der Waals surface area contributed by atoms with Gasteiger partial charge in [0, 0.05) is 79.7 Å². The van der Waals surface area contributed by atoms with Crippen molar-refractivity contribution in [1.29, 1.82) is 21.0 Å². The summed E-state index contributed by atoms with van der Waals surface area (Å²) in [6, 6.07) is 23.9. The van der Waals surface area contributed by atoms with Gasteiger partial charge >= 0.3 is 0 Å². The molecule has 5 aliphatic rings. The number of methoxy groups -OCH3 is 1. The van der Waals surface area contributed by atoms with Crippen LogP contribution in [0.15, 0.2) is 85.7 Å². The first-order chi connectivity index (χ1) is 44.8. The lowest BCUT2D eigenvalue weighted by molar-refractivity contribution is 0.103. The second-order valence-corrected chi connectivity index (χ2v) is 30.6. The monoisotopic (exact) mass is 1350 g/mol. The summed E-state index contributed by atoms with van der Waals surface area (Å²) < 4.78 is 22.6. The number of hydrogen-bond acceptors (Lipinski definition) is 19. The largest absolute Gasteiger partial charge is 0.495 e. The van der Waals surface area contributed by atoms with E-state index in [1.807, 2.05) is 44.2 Å². The summed E-state index contributed by atoms with van der Waals surface area (Å²) in [5.41, 5.74) is 7.34. The van der Waals surface area contributed by atoms with Crippen LogP contribution in [-0.2, 0) is 22.4 Å². The van der Waals surface area contributed by atoms with E-state index >= 15 is 0 Å². The van der Waals surface area contributed by atoms with Crippen molar-refractivity contribution in [2.45, 2.75) is 52.6 Å². The molecule has 0 atom stereocenters. The van der Waals surface area contributed by atoms with Gasteiger partial charge in [0.1, 0.15) is 57.2 Å². The van der Waals surface area contributed by atoms with E-state index in [0.29, 0.717) is 38.0 Å². The van der Waals surface area contributed by atoms with Crippen LogP contribution in [0.3, 0.4) is 0 Å².